The predicted molar refractivity (Wildman–Crippen MR) is 65.6 cm³/mol. The van der Waals surface area contributed by atoms with E-state index in [1.54, 1.807) is 24.3 Å². The first-order valence-corrected chi connectivity index (χ1v) is 5.26. The van der Waals surface area contributed by atoms with Gasteiger partial charge in [0.25, 0.3) is 5.91 Å². The van der Waals surface area contributed by atoms with Crippen LogP contribution in [0.25, 0.3) is 0 Å². The van der Waals surface area contributed by atoms with Crippen LogP contribution in [0.2, 0.25) is 5.02 Å². The third-order valence-corrected chi connectivity index (χ3v) is 2.25. The summed E-state index contributed by atoms with van der Waals surface area (Å²) in [5.74, 6) is 1.52. The van der Waals surface area contributed by atoms with Crippen molar-refractivity contribution in [1.29, 1.82) is 0 Å². The molecule has 0 saturated carbocycles. The van der Waals surface area contributed by atoms with Crippen molar-refractivity contribution in [2.24, 2.45) is 0 Å². The minimum Gasteiger partial charge on any atom is -0.344 e. The van der Waals surface area contributed by atoms with E-state index in [1.807, 2.05) is 0 Å². The van der Waals surface area contributed by atoms with Crippen LogP contribution >= 0.6 is 11.6 Å². The molecule has 0 aliphatic carbocycles. The van der Waals surface area contributed by atoms with Gasteiger partial charge in [-0.1, -0.05) is 29.7 Å². The number of hydrogen-bond acceptors (Lipinski definition) is 2. The van der Waals surface area contributed by atoms with Gasteiger partial charge >= 0.3 is 0 Å². The summed E-state index contributed by atoms with van der Waals surface area (Å²) >= 11 is 5.83. The molecule has 0 aliphatic heterocycles. The van der Waals surface area contributed by atoms with Crippen molar-refractivity contribution in [1.82, 2.24) is 10.6 Å². The molecule has 0 radical (unpaired) electrons. The molecule has 0 aromatic heterocycles. The molecule has 0 bridgehead atoms. The van der Waals surface area contributed by atoms with Crippen molar-refractivity contribution in [2.75, 3.05) is 13.1 Å². The first-order valence-electron chi connectivity index (χ1n) is 4.88. The molecule has 0 heterocycles. The zero-order chi connectivity index (χ0) is 12.7. The number of amides is 2. The molecule has 1 rings (SSSR count). The molecule has 4 nitrogen and oxygen atoms in total. The second-order valence-electron chi connectivity index (χ2n) is 3.14. The van der Waals surface area contributed by atoms with Gasteiger partial charge in [-0.15, -0.1) is 6.42 Å². The van der Waals surface area contributed by atoms with E-state index in [-0.39, 0.29) is 19.0 Å². The smallest absolute Gasteiger partial charge is 0.253 e. The summed E-state index contributed by atoms with van der Waals surface area (Å²) in [6.45, 7) is 0.00648. The Morgan fingerprint density at radius 3 is 2.65 bits per heavy atom. The average molecular weight is 251 g/mol. The zero-order valence-electron chi connectivity index (χ0n) is 9.00. The van der Waals surface area contributed by atoms with Crippen LogP contribution in [0, 0.1) is 12.3 Å². The van der Waals surface area contributed by atoms with E-state index < -0.39 is 5.91 Å². The van der Waals surface area contributed by atoms with Crippen molar-refractivity contribution in [2.45, 2.75) is 0 Å². The molecule has 0 unspecified atom stereocenters. The topological polar surface area (TPSA) is 58.2 Å². The molecule has 0 aliphatic rings. The largest absolute Gasteiger partial charge is 0.344 e. The summed E-state index contributed by atoms with van der Waals surface area (Å²) in [6.07, 6.45) is 4.97. The first kappa shape index (κ1) is 13.1. The third kappa shape index (κ3) is 4.17. The Bertz CT molecular complexity index is 466. The standard InChI is InChI=1S/C12H11ClN2O2/c1-2-7-14-11(16)8-15-12(17)9-5-3-4-6-10(9)13/h1,3-6H,7-8H2,(H,14,16)(H,15,17). The van der Waals surface area contributed by atoms with Gasteiger partial charge in [0, 0.05) is 0 Å². The Hall–Kier alpha value is -1.99. The van der Waals surface area contributed by atoms with Crippen LogP contribution in [0.1, 0.15) is 10.4 Å². The average Bonchev–Trinajstić information content (AvgIpc) is 2.34. The number of terminal acetylenes is 1. The number of carbonyl (C=O) groups excluding carboxylic acids is 2. The Morgan fingerprint density at radius 2 is 2.00 bits per heavy atom. The Kier molecular flexibility index (Phi) is 5.05. The normalized spacial score (nSPS) is 9.18. The quantitative estimate of drug-likeness (QED) is 0.778. The van der Waals surface area contributed by atoms with Crippen LogP contribution < -0.4 is 10.6 Å². The zero-order valence-corrected chi connectivity index (χ0v) is 9.75. The highest BCUT2D eigenvalue weighted by Gasteiger charge is 2.10. The van der Waals surface area contributed by atoms with Gasteiger partial charge in [-0.05, 0) is 12.1 Å². The fourth-order valence-corrected chi connectivity index (χ4v) is 1.33. The lowest BCUT2D eigenvalue weighted by Crippen LogP contribution is -2.37. The summed E-state index contributed by atoms with van der Waals surface area (Å²) in [4.78, 5) is 22.8. The molecule has 2 N–H and O–H groups in total. The van der Waals surface area contributed by atoms with Crippen molar-refractivity contribution in [3.8, 4) is 12.3 Å². The van der Waals surface area contributed by atoms with Gasteiger partial charge < -0.3 is 10.6 Å². The van der Waals surface area contributed by atoms with Crippen molar-refractivity contribution in [3.63, 3.8) is 0 Å². The molecular weight excluding hydrogens is 240 g/mol. The fraction of sp³-hybridized carbons (Fsp3) is 0.167. The van der Waals surface area contributed by atoms with Gasteiger partial charge in [0.05, 0.1) is 23.7 Å². The van der Waals surface area contributed by atoms with E-state index in [1.165, 1.54) is 0 Å². The molecule has 5 heteroatoms. The van der Waals surface area contributed by atoms with Gasteiger partial charge in [-0.2, -0.15) is 0 Å². The maximum absolute atomic E-state index is 11.6. The van der Waals surface area contributed by atoms with E-state index in [2.05, 4.69) is 16.6 Å². The Labute approximate surface area is 104 Å². The fourth-order valence-electron chi connectivity index (χ4n) is 1.11. The summed E-state index contributed by atoms with van der Waals surface area (Å²) in [5, 5.41) is 5.22. The summed E-state index contributed by atoms with van der Waals surface area (Å²) in [7, 11) is 0. The number of hydrogen-bond donors (Lipinski definition) is 2. The predicted octanol–water partition coefficient (Wildman–Crippen LogP) is 0.819. The number of nitrogens with one attached hydrogen (secondary N) is 2. The minimum atomic E-state index is -0.397. The number of benzene rings is 1. The second kappa shape index (κ2) is 6.56. The molecule has 88 valence electrons. The van der Waals surface area contributed by atoms with E-state index in [0.29, 0.717) is 10.6 Å². The van der Waals surface area contributed by atoms with Crippen LogP contribution in [-0.4, -0.2) is 24.9 Å². The van der Waals surface area contributed by atoms with E-state index >= 15 is 0 Å². The van der Waals surface area contributed by atoms with E-state index in [9.17, 15) is 9.59 Å². The summed E-state index contributed by atoms with van der Waals surface area (Å²) < 4.78 is 0. The first-order chi connectivity index (χ1) is 8.15. The highest BCUT2D eigenvalue weighted by Crippen LogP contribution is 2.14. The maximum atomic E-state index is 11.6. The number of rotatable bonds is 4. The molecular formula is C12H11ClN2O2. The van der Waals surface area contributed by atoms with Gasteiger partial charge in [-0.25, -0.2) is 0 Å². The number of halogens is 1. The molecule has 0 saturated heterocycles. The molecule has 17 heavy (non-hydrogen) atoms. The molecule has 2 amide bonds. The SMILES string of the molecule is C#CCNC(=O)CNC(=O)c1ccccc1Cl. The molecule has 0 fully saturated rings. The Morgan fingerprint density at radius 1 is 1.29 bits per heavy atom. The highest BCUT2D eigenvalue weighted by molar-refractivity contribution is 6.33. The second-order valence-corrected chi connectivity index (χ2v) is 3.55. The van der Waals surface area contributed by atoms with Crippen molar-refractivity contribution < 1.29 is 9.59 Å². The lowest BCUT2D eigenvalue weighted by atomic mass is 10.2. The molecule has 0 atom stereocenters. The van der Waals surface area contributed by atoms with Gasteiger partial charge in [0.1, 0.15) is 0 Å². The van der Waals surface area contributed by atoms with Crippen molar-refractivity contribution in [3.05, 3.63) is 34.9 Å². The summed E-state index contributed by atoms with van der Waals surface area (Å²) in [6, 6.07) is 6.60. The van der Waals surface area contributed by atoms with E-state index in [4.69, 9.17) is 18.0 Å². The highest BCUT2D eigenvalue weighted by atomic mass is 35.5. The van der Waals surface area contributed by atoms with E-state index in [0.717, 1.165) is 0 Å². The molecule has 1 aromatic rings. The van der Waals surface area contributed by atoms with Crippen LogP contribution in [0.4, 0.5) is 0 Å². The molecule has 0 spiro atoms. The maximum Gasteiger partial charge on any atom is 0.253 e. The van der Waals surface area contributed by atoms with Crippen LogP contribution in [0.15, 0.2) is 24.3 Å². The molecule has 1 aromatic carbocycles. The number of carbonyl (C=O) groups is 2. The monoisotopic (exact) mass is 250 g/mol. The van der Waals surface area contributed by atoms with Gasteiger partial charge in [0.15, 0.2) is 0 Å². The summed E-state index contributed by atoms with van der Waals surface area (Å²) in [5.41, 5.74) is 0.332. The van der Waals surface area contributed by atoms with Crippen LogP contribution in [-0.2, 0) is 4.79 Å². The Balaban J connectivity index is 2.49. The van der Waals surface area contributed by atoms with Crippen LogP contribution in [0.5, 0.6) is 0 Å². The third-order valence-electron chi connectivity index (χ3n) is 1.92. The van der Waals surface area contributed by atoms with Gasteiger partial charge in [-0.3, -0.25) is 9.59 Å². The minimum absolute atomic E-state index is 0.133. The lowest BCUT2D eigenvalue weighted by Gasteiger charge is -2.06. The lowest BCUT2D eigenvalue weighted by molar-refractivity contribution is -0.119. The van der Waals surface area contributed by atoms with Crippen LogP contribution in [0.3, 0.4) is 0 Å². The van der Waals surface area contributed by atoms with Crippen molar-refractivity contribution >= 4 is 23.4 Å². The van der Waals surface area contributed by atoms with Gasteiger partial charge in [0.2, 0.25) is 5.91 Å².